The molecule has 1 heterocycles. The third kappa shape index (κ3) is 1.80. The number of benzene rings is 2. The quantitative estimate of drug-likeness (QED) is 0.699. The second kappa shape index (κ2) is 3.99. The van der Waals surface area contributed by atoms with Crippen molar-refractivity contribution in [2.75, 3.05) is 0 Å². The van der Waals surface area contributed by atoms with E-state index in [9.17, 15) is 0 Å². The van der Waals surface area contributed by atoms with Crippen LogP contribution in [0.5, 0.6) is 0 Å². The molecule has 0 bridgehead atoms. The zero-order valence-electron chi connectivity index (χ0n) is 10.2. The largest absolute Gasteiger partial charge is 0.360 e. The van der Waals surface area contributed by atoms with Crippen molar-refractivity contribution in [2.45, 2.75) is 24.5 Å². The Balaban J connectivity index is 1.63. The number of ether oxygens (including phenoxy) is 1. The van der Waals surface area contributed by atoms with Crippen molar-refractivity contribution < 1.29 is 4.74 Å². The van der Waals surface area contributed by atoms with Crippen molar-refractivity contribution >= 4 is 23.2 Å². The predicted molar refractivity (Wildman–Crippen MR) is 76.9 cm³/mol. The first-order chi connectivity index (χ1) is 9.18. The summed E-state index contributed by atoms with van der Waals surface area (Å²) in [6.07, 6.45) is 2.14. The summed E-state index contributed by atoms with van der Waals surface area (Å²) in [5.74, 6) is 0. The number of halogens is 2. The molecular formula is C16H12Cl2O. The van der Waals surface area contributed by atoms with Gasteiger partial charge in [0.2, 0.25) is 0 Å². The van der Waals surface area contributed by atoms with E-state index in [-0.39, 0.29) is 11.7 Å². The van der Waals surface area contributed by atoms with Crippen molar-refractivity contribution in [1.29, 1.82) is 0 Å². The molecule has 1 saturated heterocycles. The van der Waals surface area contributed by atoms with Crippen LogP contribution in [0.1, 0.15) is 22.8 Å². The Morgan fingerprint density at radius 1 is 0.947 bits per heavy atom. The molecule has 0 amide bonds. The molecule has 1 aliphatic heterocycles. The fraction of sp³-hybridized carbons (Fsp3) is 0.250. The van der Waals surface area contributed by atoms with Crippen molar-refractivity contribution in [2.24, 2.45) is 0 Å². The van der Waals surface area contributed by atoms with E-state index in [0.29, 0.717) is 10.0 Å². The zero-order valence-corrected chi connectivity index (χ0v) is 11.7. The Labute approximate surface area is 122 Å². The van der Waals surface area contributed by atoms with Gasteiger partial charge in [0.25, 0.3) is 0 Å². The minimum Gasteiger partial charge on any atom is -0.360 e. The van der Waals surface area contributed by atoms with Gasteiger partial charge in [0.1, 0.15) is 11.7 Å². The number of hydrogen-bond donors (Lipinski definition) is 0. The van der Waals surface area contributed by atoms with Crippen molar-refractivity contribution in [3.8, 4) is 0 Å². The minimum atomic E-state index is -0.0408. The molecule has 2 aromatic rings. The van der Waals surface area contributed by atoms with Crippen LogP contribution in [-0.2, 0) is 17.6 Å². The first-order valence-electron chi connectivity index (χ1n) is 6.37. The van der Waals surface area contributed by atoms with Crippen LogP contribution >= 0.6 is 23.2 Å². The maximum atomic E-state index is 6.08. The second-order valence-corrected chi connectivity index (χ2v) is 6.17. The van der Waals surface area contributed by atoms with E-state index in [4.69, 9.17) is 27.9 Å². The van der Waals surface area contributed by atoms with Crippen LogP contribution in [0.25, 0.3) is 0 Å². The molecule has 0 aromatic heterocycles. The lowest BCUT2D eigenvalue weighted by Gasteiger charge is -2.03. The van der Waals surface area contributed by atoms with E-state index in [1.54, 1.807) is 0 Å². The molecule has 4 rings (SSSR count). The van der Waals surface area contributed by atoms with Crippen molar-refractivity contribution in [3.63, 3.8) is 0 Å². The van der Waals surface area contributed by atoms with Gasteiger partial charge in [-0.25, -0.2) is 0 Å². The van der Waals surface area contributed by atoms with Gasteiger partial charge in [-0.3, -0.25) is 0 Å². The van der Waals surface area contributed by atoms with Crippen molar-refractivity contribution in [1.82, 2.24) is 0 Å². The molecule has 2 aliphatic rings. The minimum absolute atomic E-state index is 0.0408. The first-order valence-corrected chi connectivity index (χ1v) is 7.13. The third-order valence-corrected chi connectivity index (χ3v) is 4.86. The smallest absolute Gasteiger partial charge is 0.113 e. The van der Waals surface area contributed by atoms with Crippen molar-refractivity contribution in [3.05, 3.63) is 69.2 Å². The Morgan fingerprint density at radius 2 is 1.63 bits per heavy atom. The van der Waals surface area contributed by atoms with Crippen LogP contribution < -0.4 is 0 Å². The highest BCUT2D eigenvalue weighted by Gasteiger charge is 2.59. The fourth-order valence-electron chi connectivity index (χ4n) is 3.13. The highest BCUT2D eigenvalue weighted by atomic mass is 35.5. The first kappa shape index (κ1) is 11.8. The molecule has 96 valence electrons. The third-order valence-electron chi connectivity index (χ3n) is 4.12. The Hall–Kier alpha value is -1.02. The van der Waals surface area contributed by atoms with Gasteiger partial charge in [0.05, 0.1) is 10.0 Å². The molecule has 1 nitrogen and oxygen atoms in total. The topological polar surface area (TPSA) is 12.5 Å². The van der Waals surface area contributed by atoms with Crippen LogP contribution in [0.4, 0.5) is 0 Å². The molecule has 1 spiro atoms. The van der Waals surface area contributed by atoms with Gasteiger partial charge in [-0.05, 0) is 28.8 Å². The second-order valence-electron chi connectivity index (χ2n) is 5.36. The number of hydrogen-bond acceptors (Lipinski definition) is 1. The highest BCUT2D eigenvalue weighted by molar-refractivity contribution is 6.42. The Bertz CT molecular complexity index is 641. The molecule has 3 heteroatoms. The summed E-state index contributed by atoms with van der Waals surface area (Å²) < 4.78 is 6.03. The Morgan fingerprint density at radius 3 is 2.26 bits per heavy atom. The predicted octanol–water partition coefficient (Wildman–Crippen LogP) is 4.60. The van der Waals surface area contributed by atoms with Gasteiger partial charge >= 0.3 is 0 Å². The maximum absolute atomic E-state index is 6.08. The van der Waals surface area contributed by atoms with Gasteiger partial charge < -0.3 is 4.74 Å². The maximum Gasteiger partial charge on any atom is 0.113 e. The van der Waals surface area contributed by atoms with E-state index in [1.165, 1.54) is 11.1 Å². The van der Waals surface area contributed by atoms with Gasteiger partial charge in [0.15, 0.2) is 0 Å². The van der Waals surface area contributed by atoms with E-state index < -0.39 is 0 Å². The summed E-state index contributed by atoms with van der Waals surface area (Å²) in [5, 5.41) is 1.19. The summed E-state index contributed by atoms with van der Waals surface area (Å²) >= 11 is 12.0. The lowest BCUT2D eigenvalue weighted by Crippen LogP contribution is -2.11. The molecule has 0 saturated carbocycles. The molecule has 2 aromatic carbocycles. The number of epoxide rings is 1. The molecule has 1 atom stereocenters. The highest BCUT2D eigenvalue weighted by Crippen LogP contribution is 2.57. The normalized spacial score (nSPS) is 22.5. The summed E-state index contributed by atoms with van der Waals surface area (Å²) in [4.78, 5) is 0. The van der Waals surface area contributed by atoms with Gasteiger partial charge in [0, 0.05) is 12.8 Å². The van der Waals surface area contributed by atoms with E-state index in [2.05, 4.69) is 24.3 Å². The lowest BCUT2D eigenvalue weighted by molar-refractivity contribution is 0.301. The Kier molecular flexibility index (Phi) is 2.47. The number of fused-ring (bicyclic) bond motifs is 1. The molecule has 19 heavy (non-hydrogen) atoms. The molecule has 0 radical (unpaired) electrons. The average molecular weight is 291 g/mol. The van der Waals surface area contributed by atoms with Gasteiger partial charge in [-0.2, -0.15) is 0 Å². The van der Waals surface area contributed by atoms with E-state index in [0.717, 1.165) is 18.4 Å². The average Bonchev–Trinajstić information content (AvgIpc) is 2.95. The number of rotatable bonds is 1. The lowest BCUT2D eigenvalue weighted by atomic mass is 9.96. The zero-order chi connectivity index (χ0) is 13.0. The standard InChI is InChI=1S/C16H12Cl2O/c17-13-6-5-10(7-14(13)18)15-16(19-15)8-11-3-1-2-4-12(11)9-16/h1-7,15H,8-9H2. The monoisotopic (exact) mass is 290 g/mol. The molecule has 1 unspecified atom stereocenters. The summed E-state index contributed by atoms with van der Waals surface area (Å²) in [7, 11) is 0. The molecular weight excluding hydrogens is 279 g/mol. The van der Waals surface area contributed by atoms with Gasteiger partial charge in [-0.15, -0.1) is 0 Å². The van der Waals surface area contributed by atoms with E-state index >= 15 is 0 Å². The molecule has 0 N–H and O–H groups in total. The van der Waals surface area contributed by atoms with Crippen LogP contribution in [0, 0.1) is 0 Å². The summed E-state index contributed by atoms with van der Waals surface area (Å²) in [5.41, 5.74) is 3.90. The van der Waals surface area contributed by atoms with Crippen LogP contribution in [0.15, 0.2) is 42.5 Å². The van der Waals surface area contributed by atoms with Crippen LogP contribution in [-0.4, -0.2) is 5.60 Å². The fourth-order valence-corrected chi connectivity index (χ4v) is 3.43. The van der Waals surface area contributed by atoms with E-state index in [1.807, 2.05) is 18.2 Å². The summed E-state index contributed by atoms with van der Waals surface area (Å²) in [6.45, 7) is 0. The summed E-state index contributed by atoms with van der Waals surface area (Å²) in [6, 6.07) is 14.3. The van der Waals surface area contributed by atoms with Gasteiger partial charge in [-0.1, -0.05) is 53.5 Å². The SMILES string of the molecule is Clc1ccc(C2OC23Cc2ccccc2C3)cc1Cl. The van der Waals surface area contributed by atoms with Crippen LogP contribution in [0.2, 0.25) is 10.0 Å². The molecule has 1 fully saturated rings. The molecule has 1 aliphatic carbocycles. The van der Waals surface area contributed by atoms with Crippen LogP contribution in [0.3, 0.4) is 0 Å².